The molecule has 0 bridgehead atoms. The third-order valence-electron chi connectivity index (χ3n) is 3.38. The molecule has 0 heterocycles. The zero-order valence-electron chi connectivity index (χ0n) is 15.0. The van der Waals surface area contributed by atoms with Crippen molar-refractivity contribution in [2.45, 2.75) is 33.3 Å². The van der Waals surface area contributed by atoms with E-state index in [1.807, 2.05) is 13.8 Å². The number of hydrogen-bond acceptors (Lipinski definition) is 4. The van der Waals surface area contributed by atoms with Gasteiger partial charge in [0.15, 0.2) is 5.78 Å². The van der Waals surface area contributed by atoms with Crippen molar-refractivity contribution in [3.63, 3.8) is 0 Å². The fourth-order valence-electron chi connectivity index (χ4n) is 2.26. The summed E-state index contributed by atoms with van der Waals surface area (Å²) in [5, 5.41) is 5.27. The van der Waals surface area contributed by atoms with Crippen LogP contribution in [0.4, 0.5) is 11.4 Å². The molecule has 0 radical (unpaired) electrons. The number of Topliss-reactive ketones (excluding diaryl/α,β-unsaturated/α-hetero) is 1. The molecule has 0 unspecified atom stereocenters. The molecular weight excluding hydrogens is 332 g/mol. The zero-order valence-corrected chi connectivity index (χ0v) is 15.0. The van der Waals surface area contributed by atoms with Crippen molar-refractivity contribution in [3.05, 3.63) is 54.1 Å². The summed E-state index contributed by atoms with van der Waals surface area (Å²) in [5.41, 5.74) is 1.55. The molecule has 26 heavy (non-hydrogen) atoms. The highest BCUT2D eigenvalue weighted by Gasteiger charge is 2.11. The normalized spacial score (nSPS) is 10.3. The number of benzene rings is 2. The van der Waals surface area contributed by atoms with E-state index >= 15 is 0 Å². The average Bonchev–Trinajstić information content (AvgIpc) is 2.56. The Morgan fingerprint density at radius 2 is 1.54 bits per heavy atom. The molecule has 6 heteroatoms. The number of amides is 2. The summed E-state index contributed by atoms with van der Waals surface area (Å²) in [5.74, 6) is -0.268. The van der Waals surface area contributed by atoms with Crippen LogP contribution in [-0.2, 0) is 9.59 Å². The molecule has 0 aromatic heterocycles. The lowest BCUT2D eigenvalue weighted by molar-refractivity contribution is -0.123. The van der Waals surface area contributed by atoms with Crippen molar-refractivity contribution in [1.82, 2.24) is 0 Å². The van der Waals surface area contributed by atoms with Crippen molar-refractivity contribution < 1.29 is 19.1 Å². The maximum absolute atomic E-state index is 12.0. The fraction of sp³-hybridized carbons (Fsp3) is 0.250. The van der Waals surface area contributed by atoms with Gasteiger partial charge in [-0.25, -0.2) is 0 Å². The summed E-state index contributed by atoms with van der Waals surface area (Å²) in [4.78, 5) is 35.3. The van der Waals surface area contributed by atoms with Crippen LogP contribution in [0.5, 0.6) is 5.75 Å². The maximum Gasteiger partial charge on any atom is 0.233 e. The van der Waals surface area contributed by atoms with Crippen LogP contribution in [0.15, 0.2) is 48.5 Å². The number of rotatable bonds is 7. The van der Waals surface area contributed by atoms with Gasteiger partial charge in [-0.1, -0.05) is 12.1 Å². The van der Waals surface area contributed by atoms with Crippen LogP contribution in [0.1, 0.15) is 37.6 Å². The van der Waals surface area contributed by atoms with E-state index in [4.69, 9.17) is 4.74 Å². The lowest BCUT2D eigenvalue weighted by atomic mass is 10.1. The number of hydrogen-bond donors (Lipinski definition) is 2. The topological polar surface area (TPSA) is 84.5 Å². The third kappa shape index (κ3) is 6.05. The van der Waals surface area contributed by atoms with Gasteiger partial charge in [0.2, 0.25) is 11.8 Å². The molecule has 2 N–H and O–H groups in total. The van der Waals surface area contributed by atoms with Gasteiger partial charge in [0.25, 0.3) is 0 Å². The molecule has 0 spiro atoms. The minimum absolute atomic E-state index is 0.0700. The van der Waals surface area contributed by atoms with E-state index in [1.165, 1.54) is 6.92 Å². The number of ether oxygens (including phenoxy) is 1. The van der Waals surface area contributed by atoms with E-state index in [-0.39, 0.29) is 18.3 Å². The van der Waals surface area contributed by atoms with Gasteiger partial charge in [0.05, 0.1) is 6.10 Å². The molecule has 0 saturated carbocycles. The smallest absolute Gasteiger partial charge is 0.233 e. The summed E-state index contributed by atoms with van der Waals surface area (Å²) in [7, 11) is 0. The molecule has 2 aromatic carbocycles. The van der Waals surface area contributed by atoms with Gasteiger partial charge in [-0.2, -0.15) is 0 Å². The SMILES string of the molecule is CC(=O)c1cccc(NC(=O)CC(=O)Nc2ccc(OC(C)C)cc2)c1. The Hall–Kier alpha value is -3.15. The predicted octanol–water partition coefficient (Wildman–Crippen LogP) is 3.64. The number of ketones is 1. The zero-order chi connectivity index (χ0) is 19.1. The Bertz CT molecular complexity index is 798. The first-order valence-corrected chi connectivity index (χ1v) is 8.31. The first-order valence-electron chi connectivity index (χ1n) is 8.31. The van der Waals surface area contributed by atoms with Crippen molar-refractivity contribution in [1.29, 1.82) is 0 Å². The Morgan fingerprint density at radius 1 is 0.923 bits per heavy atom. The van der Waals surface area contributed by atoms with E-state index in [9.17, 15) is 14.4 Å². The molecule has 0 atom stereocenters. The minimum atomic E-state index is -0.456. The van der Waals surface area contributed by atoms with E-state index < -0.39 is 11.8 Å². The van der Waals surface area contributed by atoms with Crippen molar-refractivity contribution in [3.8, 4) is 5.75 Å². The van der Waals surface area contributed by atoms with Gasteiger partial charge in [-0.3, -0.25) is 14.4 Å². The van der Waals surface area contributed by atoms with E-state index in [0.29, 0.717) is 22.7 Å². The Kier molecular flexibility index (Phi) is 6.49. The summed E-state index contributed by atoms with van der Waals surface area (Å²) in [6.07, 6.45) is -0.255. The lowest BCUT2D eigenvalue weighted by Gasteiger charge is -2.11. The number of carbonyl (C=O) groups excluding carboxylic acids is 3. The fourth-order valence-corrected chi connectivity index (χ4v) is 2.26. The van der Waals surface area contributed by atoms with Crippen LogP contribution in [0.2, 0.25) is 0 Å². The average molecular weight is 354 g/mol. The number of anilines is 2. The van der Waals surface area contributed by atoms with Crippen LogP contribution in [0.25, 0.3) is 0 Å². The molecule has 6 nitrogen and oxygen atoms in total. The van der Waals surface area contributed by atoms with Crippen molar-refractivity contribution >= 4 is 29.0 Å². The van der Waals surface area contributed by atoms with Gasteiger partial charge >= 0.3 is 0 Å². The summed E-state index contributed by atoms with van der Waals surface area (Å²) in [6.45, 7) is 5.31. The van der Waals surface area contributed by atoms with Gasteiger partial charge in [-0.15, -0.1) is 0 Å². The van der Waals surface area contributed by atoms with Crippen molar-refractivity contribution in [2.75, 3.05) is 10.6 Å². The van der Waals surface area contributed by atoms with Crippen LogP contribution in [0.3, 0.4) is 0 Å². The molecular formula is C20H22N2O4. The highest BCUT2D eigenvalue weighted by Crippen LogP contribution is 2.17. The van der Waals surface area contributed by atoms with E-state index in [2.05, 4.69) is 10.6 Å². The van der Waals surface area contributed by atoms with Crippen molar-refractivity contribution in [2.24, 2.45) is 0 Å². The second-order valence-electron chi connectivity index (χ2n) is 6.10. The second kappa shape index (κ2) is 8.80. The van der Waals surface area contributed by atoms with Crippen LogP contribution >= 0.6 is 0 Å². The van der Waals surface area contributed by atoms with Gasteiger partial charge in [0, 0.05) is 16.9 Å². The molecule has 136 valence electrons. The molecule has 0 aliphatic rings. The van der Waals surface area contributed by atoms with E-state index in [1.54, 1.807) is 48.5 Å². The highest BCUT2D eigenvalue weighted by molar-refractivity contribution is 6.08. The number of nitrogens with one attached hydrogen (secondary N) is 2. The molecule has 2 rings (SSSR count). The Labute approximate surface area is 152 Å². The molecule has 0 aliphatic heterocycles. The Morgan fingerprint density at radius 3 is 2.12 bits per heavy atom. The molecule has 0 aliphatic carbocycles. The number of carbonyl (C=O) groups is 3. The molecule has 2 amide bonds. The first-order chi connectivity index (χ1) is 12.3. The molecule has 0 saturated heterocycles. The summed E-state index contributed by atoms with van der Waals surface area (Å²) < 4.78 is 5.53. The highest BCUT2D eigenvalue weighted by atomic mass is 16.5. The standard InChI is InChI=1S/C20H22N2O4/c1-13(2)26-18-9-7-16(8-10-18)21-19(24)12-20(25)22-17-6-4-5-15(11-17)14(3)23/h4-11,13H,12H2,1-3H3,(H,21,24)(H,22,25). The molecule has 2 aromatic rings. The second-order valence-corrected chi connectivity index (χ2v) is 6.10. The quantitative estimate of drug-likeness (QED) is 0.587. The maximum atomic E-state index is 12.0. The minimum Gasteiger partial charge on any atom is -0.491 e. The monoisotopic (exact) mass is 354 g/mol. The lowest BCUT2D eigenvalue weighted by Crippen LogP contribution is -2.21. The largest absolute Gasteiger partial charge is 0.491 e. The Balaban J connectivity index is 1.88. The van der Waals surface area contributed by atoms with Gasteiger partial charge in [0.1, 0.15) is 12.2 Å². The first kappa shape index (κ1) is 19.2. The third-order valence-corrected chi connectivity index (χ3v) is 3.38. The van der Waals surface area contributed by atoms with E-state index in [0.717, 1.165) is 0 Å². The van der Waals surface area contributed by atoms with Crippen LogP contribution in [-0.4, -0.2) is 23.7 Å². The molecule has 0 fully saturated rings. The van der Waals surface area contributed by atoms with Gasteiger partial charge in [-0.05, 0) is 57.2 Å². The predicted molar refractivity (Wildman–Crippen MR) is 101 cm³/mol. The van der Waals surface area contributed by atoms with Crippen LogP contribution < -0.4 is 15.4 Å². The van der Waals surface area contributed by atoms with Crippen LogP contribution in [0, 0.1) is 0 Å². The summed E-state index contributed by atoms with van der Waals surface area (Å²) >= 11 is 0. The van der Waals surface area contributed by atoms with Gasteiger partial charge < -0.3 is 15.4 Å². The summed E-state index contributed by atoms with van der Waals surface area (Å²) in [6, 6.07) is 13.5.